The van der Waals surface area contributed by atoms with E-state index >= 15 is 0 Å². The second-order valence-electron chi connectivity index (χ2n) is 7.12. The van der Waals surface area contributed by atoms with Crippen molar-refractivity contribution in [3.8, 4) is 0 Å². The van der Waals surface area contributed by atoms with Gasteiger partial charge in [-0.05, 0) is 57.6 Å². The van der Waals surface area contributed by atoms with E-state index in [1.165, 1.54) is 29.0 Å². The Hall–Kier alpha value is -2.15. The molecule has 6 nitrogen and oxygen atoms in total. The van der Waals surface area contributed by atoms with Gasteiger partial charge < -0.3 is 5.32 Å². The van der Waals surface area contributed by atoms with Crippen LogP contribution in [0.2, 0.25) is 0 Å². The normalized spacial score (nSPS) is 14.0. The van der Waals surface area contributed by atoms with Gasteiger partial charge in [-0.3, -0.25) is 14.0 Å². The Morgan fingerprint density at radius 1 is 1.27 bits per heavy atom. The second kappa shape index (κ2) is 6.87. The third kappa shape index (κ3) is 3.05. The lowest BCUT2D eigenvalue weighted by Gasteiger charge is -2.12. The first-order valence-electron chi connectivity index (χ1n) is 9.31. The maximum Gasteiger partial charge on any atom is 0.263 e. The molecule has 1 aliphatic rings. The van der Waals surface area contributed by atoms with Crippen LogP contribution in [-0.4, -0.2) is 25.9 Å². The topological polar surface area (TPSA) is 64.7 Å². The highest BCUT2D eigenvalue weighted by Gasteiger charge is 2.21. The standard InChI is InChI=1S/C19H25N5OS/c1-12-11-13(2)24(22-12)10-6-9-20-19-21-17-16(18(25)23(19)3)14-7-4-5-8-15(14)26-17/h11H,4-10H2,1-3H3,(H,20,21). The smallest absolute Gasteiger partial charge is 0.263 e. The first-order valence-corrected chi connectivity index (χ1v) is 10.1. The zero-order valence-electron chi connectivity index (χ0n) is 15.6. The monoisotopic (exact) mass is 371 g/mol. The number of thiophene rings is 1. The SMILES string of the molecule is Cc1cc(C)n(CCCNc2nc3sc4c(c3c(=O)n2C)CCCC4)n1. The molecule has 0 amide bonds. The lowest BCUT2D eigenvalue weighted by Crippen LogP contribution is -2.23. The molecule has 1 N–H and O–H groups in total. The average molecular weight is 372 g/mol. The van der Waals surface area contributed by atoms with Gasteiger partial charge in [0.2, 0.25) is 5.95 Å². The molecule has 26 heavy (non-hydrogen) atoms. The maximum absolute atomic E-state index is 12.9. The Bertz CT molecular complexity index is 1010. The van der Waals surface area contributed by atoms with Crippen LogP contribution in [0, 0.1) is 13.8 Å². The van der Waals surface area contributed by atoms with Crippen LogP contribution in [0.15, 0.2) is 10.9 Å². The van der Waals surface area contributed by atoms with E-state index in [-0.39, 0.29) is 5.56 Å². The van der Waals surface area contributed by atoms with Crippen LogP contribution in [0.1, 0.15) is 41.1 Å². The molecule has 138 valence electrons. The third-order valence-electron chi connectivity index (χ3n) is 5.13. The molecule has 3 aromatic heterocycles. The van der Waals surface area contributed by atoms with E-state index in [1.807, 2.05) is 18.7 Å². The summed E-state index contributed by atoms with van der Waals surface area (Å²) < 4.78 is 3.69. The van der Waals surface area contributed by atoms with Gasteiger partial charge in [0.25, 0.3) is 5.56 Å². The zero-order chi connectivity index (χ0) is 18.3. The van der Waals surface area contributed by atoms with Gasteiger partial charge in [0.1, 0.15) is 4.83 Å². The van der Waals surface area contributed by atoms with Crippen LogP contribution in [0.3, 0.4) is 0 Å². The largest absolute Gasteiger partial charge is 0.355 e. The lowest BCUT2D eigenvalue weighted by molar-refractivity contribution is 0.572. The molecule has 0 atom stereocenters. The predicted octanol–water partition coefficient (Wildman–Crippen LogP) is 3.19. The number of rotatable bonds is 5. The Labute approximate surface area is 156 Å². The van der Waals surface area contributed by atoms with E-state index in [0.717, 1.165) is 48.3 Å². The van der Waals surface area contributed by atoms with E-state index in [1.54, 1.807) is 15.9 Å². The molecule has 0 radical (unpaired) electrons. The molecule has 3 aromatic rings. The number of fused-ring (bicyclic) bond motifs is 3. The van der Waals surface area contributed by atoms with Gasteiger partial charge in [-0.1, -0.05) is 0 Å². The Balaban J connectivity index is 1.51. The Morgan fingerprint density at radius 3 is 2.85 bits per heavy atom. The average Bonchev–Trinajstić information content (AvgIpc) is 3.14. The molecule has 7 heteroatoms. The van der Waals surface area contributed by atoms with Crippen molar-refractivity contribution in [2.24, 2.45) is 7.05 Å². The minimum absolute atomic E-state index is 0.0791. The summed E-state index contributed by atoms with van der Waals surface area (Å²) in [5, 5.41) is 8.67. The summed E-state index contributed by atoms with van der Waals surface area (Å²) in [6, 6.07) is 2.09. The van der Waals surface area contributed by atoms with Crippen LogP contribution < -0.4 is 10.9 Å². The highest BCUT2D eigenvalue weighted by molar-refractivity contribution is 7.18. The van der Waals surface area contributed by atoms with E-state index < -0.39 is 0 Å². The molecular weight excluding hydrogens is 346 g/mol. The van der Waals surface area contributed by atoms with Crippen LogP contribution in [0.4, 0.5) is 5.95 Å². The molecule has 0 spiro atoms. The van der Waals surface area contributed by atoms with Gasteiger partial charge in [0.15, 0.2) is 0 Å². The molecular formula is C19H25N5OS. The first-order chi connectivity index (χ1) is 12.5. The van der Waals surface area contributed by atoms with Gasteiger partial charge in [0, 0.05) is 30.7 Å². The minimum atomic E-state index is 0.0791. The maximum atomic E-state index is 12.9. The number of nitrogens with zero attached hydrogens (tertiary/aromatic N) is 4. The van der Waals surface area contributed by atoms with Gasteiger partial charge in [-0.15, -0.1) is 11.3 Å². The number of nitrogens with one attached hydrogen (secondary N) is 1. The number of hydrogen-bond acceptors (Lipinski definition) is 5. The van der Waals surface area contributed by atoms with Crippen LogP contribution in [-0.2, 0) is 26.4 Å². The third-order valence-corrected chi connectivity index (χ3v) is 6.32. The fraction of sp³-hybridized carbons (Fsp3) is 0.526. The molecule has 0 bridgehead atoms. The molecule has 3 heterocycles. The molecule has 0 aliphatic heterocycles. The van der Waals surface area contributed by atoms with Crippen molar-refractivity contribution >= 4 is 27.5 Å². The van der Waals surface area contributed by atoms with Crippen molar-refractivity contribution in [2.45, 2.75) is 52.5 Å². The van der Waals surface area contributed by atoms with E-state index in [2.05, 4.69) is 23.4 Å². The minimum Gasteiger partial charge on any atom is -0.355 e. The van der Waals surface area contributed by atoms with Crippen molar-refractivity contribution in [3.63, 3.8) is 0 Å². The molecule has 0 unspecified atom stereocenters. The van der Waals surface area contributed by atoms with Crippen molar-refractivity contribution in [1.29, 1.82) is 0 Å². The van der Waals surface area contributed by atoms with Crippen LogP contribution >= 0.6 is 11.3 Å². The Kier molecular flexibility index (Phi) is 4.56. The summed E-state index contributed by atoms with van der Waals surface area (Å²) >= 11 is 1.70. The summed E-state index contributed by atoms with van der Waals surface area (Å²) in [5.74, 6) is 0.662. The molecule has 0 saturated heterocycles. The second-order valence-corrected chi connectivity index (χ2v) is 8.20. The van der Waals surface area contributed by atoms with Gasteiger partial charge >= 0.3 is 0 Å². The summed E-state index contributed by atoms with van der Waals surface area (Å²) in [4.78, 5) is 19.9. The molecule has 0 fully saturated rings. The summed E-state index contributed by atoms with van der Waals surface area (Å²) in [7, 11) is 1.81. The van der Waals surface area contributed by atoms with Crippen LogP contribution in [0.5, 0.6) is 0 Å². The van der Waals surface area contributed by atoms with Gasteiger partial charge in [-0.2, -0.15) is 5.10 Å². The van der Waals surface area contributed by atoms with Crippen molar-refractivity contribution < 1.29 is 0 Å². The zero-order valence-corrected chi connectivity index (χ0v) is 16.4. The van der Waals surface area contributed by atoms with Crippen molar-refractivity contribution in [1.82, 2.24) is 19.3 Å². The molecule has 0 aromatic carbocycles. The number of anilines is 1. The highest BCUT2D eigenvalue weighted by atomic mass is 32.1. The molecule has 0 saturated carbocycles. The van der Waals surface area contributed by atoms with Gasteiger partial charge in [0.05, 0.1) is 11.1 Å². The highest BCUT2D eigenvalue weighted by Crippen LogP contribution is 2.34. The fourth-order valence-corrected chi connectivity index (χ4v) is 5.03. The summed E-state index contributed by atoms with van der Waals surface area (Å²) in [6.45, 7) is 5.70. The van der Waals surface area contributed by atoms with E-state index in [0.29, 0.717) is 5.95 Å². The number of aromatic nitrogens is 4. The summed E-state index contributed by atoms with van der Waals surface area (Å²) in [5.41, 5.74) is 3.56. The number of aryl methyl sites for hydroxylation is 5. The van der Waals surface area contributed by atoms with Crippen molar-refractivity contribution in [3.05, 3.63) is 38.2 Å². The predicted molar refractivity (Wildman–Crippen MR) is 106 cm³/mol. The number of hydrogen-bond donors (Lipinski definition) is 1. The van der Waals surface area contributed by atoms with Crippen molar-refractivity contribution in [2.75, 3.05) is 11.9 Å². The fourth-order valence-electron chi connectivity index (χ4n) is 3.77. The van der Waals surface area contributed by atoms with Gasteiger partial charge in [-0.25, -0.2) is 4.98 Å². The first kappa shape index (κ1) is 17.3. The van der Waals surface area contributed by atoms with E-state index in [4.69, 9.17) is 4.98 Å². The lowest BCUT2D eigenvalue weighted by atomic mass is 9.97. The van der Waals surface area contributed by atoms with Crippen LogP contribution in [0.25, 0.3) is 10.2 Å². The quantitative estimate of drug-likeness (QED) is 0.700. The Morgan fingerprint density at radius 2 is 2.08 bits per heavy atom. The van der Waals surface area contributed by atoms with E-state index in [9.17, 15) is 4.79 Å². The molecule has 4 rings (SSSR count). The molecule has 1 aliphatic carbocycles. The summed E-state index contributed by atoms with van der Waals surface area (Å²) in [6.07, 6.45) is 5.43.